The predicted molar refractivity (Wildman–Crippen MR) is 62.7 cm³/mol. The highest BCUT2D eigenvalue weighted by Gasteiger charge is 2.02. The van der Waals surface area contributed by atoms with Crippen LogP contribution in [0.15, 0.2) is 0 Å². The van der Waals surface area contributed by atoms with E-state index >= 15 is 0 Å². The molecule has 0 fully saturated rings. The summed E-state index contributed by atoms with van der Waals surface area (Å²) in [5.41, 5.74) is 0. The van der Waals surface area contributed by atoms with Crippen molar-refractivity contribution in [2.75, 3.05) is 67.1 Å². The highest BCUT2D eigenvalue weighted by Crippen LogP contribution is 1.87. The zero-order valence-corrected chi connectivity index (χ0v) is 11.0. The molecule has 7 nitrogen and oxygen atoms in total. The summed E-state index contributed by atoms with van der Waals surface area (Å²) in [6.45, 7) is 2.95. The number of hydrogen-bond acceptors (Lipinski definition) is 7. The Morgan fingerprint density at radius 2 is 1.06 bits per heavy atom. The minimum absolute atomic E-state index is 0.160. The Labute approximate surface area is 107 Å². The molecule has 108 valence electrons. The summed E-state index contributed by atoms with van der Waals surface area (Å²) in [4.78, 5) is 11.0. The van der Waals surface area contributed by atoms with Crippen LogP contribution in [-0.4, -0.2) is 73.2 Å². The van der Waals surface area contributed by atoms with E-state index in [0.29, 0.717) is 39.6 Å². The number of ether oxygens (including phenoxy) is 6. The van der Waals surface area contributed by atoms with Gasteiger partial charge in [-0.2, -0.15) is 0 Å². The molecule has 0 aliphatic rings. The summed E-state index contributed by atoms with van der Waals surface area (Å²) in [6, 6.07) is 0. The van der Waals surface area contributed by atoms with Crippen LogP contribution in [0.5, 0.6) is 0 Å². The van der Waals surface area contributed by atoms with Gasteiger partial charge in [0, 0.05) is 14.2 Å². The molecule has 0 aliphatic carbocycles. The highest BCUT2D eigenvalue weighted by molar-refractivity contribution is 5.59. The monoisotopic (exact) mass is 266 g/mol. The molecule has 0 aliphatic heterocycles. The second kappa shape index (κ2) is 14.2. The van der Waals surface area contributed by atoms with Crippen LogP contribution < -0.4 is 0 Å². The lowest BCUT2D eigenvalue weighted by Gasteiger charge is -2.07. The van der Waals surface area contributed by atoms with E-state index in [-0.39, 0.29) is 13.2 Å². The first-order valence-electron chi connectivity index (χ1n) is 5.74. The molecule has 0 unspecified atom stereocenters. The molecule has 18 heavy (non-hydrogen) atoms. The minimum Gasteiger partial charge on any atom is -0.432 e. The van der Waals surface area contributed by atoms with Crippen LogP contribution in [0.3, 0.4) is 0 Å². The van der Waals surface area contributed by atoms with Gasteiger partial charge in [0.15, 0.2) is 0 Å². The Morgan fingerprint density at radius 1 is 0.667 bits per heavy atom. The van der Waals surface area contributed by atoms with Gasteiger partial charge in [-0.25, -0.2) is 4.79 Å². The molecule has 0 N–H and O–H groups in total. The maximum atomic E-state index is 11.0. The molecule has 0 rings (SSSR count). The fraction of sp³-hybridized carbons (Fsp3) is 0.909. The van der Waals surface area contributed by atoms with E-state index in [4.69, 9.17) is 28.4 Å². The summed E-state index contributed by atoms with van der Waals surface area (Å²) in [5, 5.41) is 0. The topological polar surface area (TPSA) is 72.5 Å². The average Bonchev–Trinajstić information content (AvgIpc) is 2.38. The molecule has 0 aromatic carbocycles. The van der Waals surface area contributed by atoms with Crippen molar-refractivity contribution in [2.24, 2.45) is 0 Å². The quantitative estimate of drug-likeness (QED) is 0.375. The first-order valence-corrected chi connectivity index (χ1v) is 5.74. The van der Waals surface area contributed by atoms with Crippen molar-refractivity contribution in [1.29, 1.82) is 0 Å². The van der Waals surface area contributed by atoms with Crippen LogP contribution >= 0.6 is 0 Å². The molecule has 0 bridgehead atoms. The van der Waals surface area contributed by atoms with Gasteiger partial charge < -0.3 is 28.4 Å². The van der Waals surface area contributed by atoms with Crippen LogP contribution in [-0.2, 0) is 28.4 Å². The van der Waals surface area contributed by atoms with E-state index in [2.05, 4.69) is 0 Å². The lowest BCUT2D eigenvalue weighted by atomic mass is 10.7. The largest absolute Gasteiger partial charge is 0.508 e. The van der Waals surface area contributed by atoms with Crippen molar-refractivity contribution in [3.8, 4) is 0 Å². The van der Waals surface area contributed by atoms with Gasteiger partial charge in [-0.1, -0.05) is 0 Å². The average molecular weight is 266 g/mol. The maximum Gasteiger partial charge on any atom is 0.508 e. The molecule has 0 saturated carbocycles. The van der Waals surface area contributed by atoms with Gasteiger partial charge in [0.1, 0.15) is 13.2 Å². The zero-order chi connectivity index (χ0) is 13.5. The highest BCUT2D eigenvalue weighted by atomic mass is 16.7. The second-order valence-corrected chi connectivity index (χ2v) is 3.16. The summed E-state index contributed by atoms with van der Waals surface area (Å²) in [7, 11) is 3.18. The summed E-state index contributed by atoms with van der Waals surface area (Å²) < 4.78 is 29.2. The Morgan fingerprint density at radius 3 is 1.44 bits per heavy atom. The third kappa shape index (κ3) is 13.2. The molecule has 0 saturated heterocycles. The van der Waals surface area contributed by atoms with Crippen molar-refractivity contribution in [3.05, 3.63) is 0 Å². The summed E-state index contributed by atoms with van der Waals surface area (Å²) in [5.74, 6) is 0. The number of rotatable bonds is 12. The van der Waals surface area contributed by atoms with E-state index < -0.39 is 6.16 Å². The van der Waals surface area contributed by atoms with Crippen molar-refractivity contribution < 1.29 is 33.2 Å². The van der Waals surface area contributed by atoms with Crippen LogP contribution in [0.25, 0.3) is 0 Å². The Balaban J connectivity index is 3.12. The van der Waals surface area contributed by atoms with E-state index in [1.54, 1.807) is 14.2 Å². The molecule has 0 heterocycles. The smallest absolute Gasteiger partial charge is 0.432 e. The van der Waals surface area contributed by atoms with Crippen molar-refractivity contribution in [2.45, 2.75) is 0 Å². The van der Waals surface area contributed by atoms with Crippen molar-refractivity contribution in [3.63, 3.8) is 0 Å². The van der Waals surface area contributed by atoms with Gasteiger partial charge in [-0.15, -0.1) is 0 Å². The van der Waals surface area contributed by atoms with E-state index in [0.717, 1.165) is 0 Å². The Hall–Kier alpha value is -0.890. The molecule has 0 aromatic heterocycles. The number of carbonyl (C=O) groups excluding carboxylic acids is 1. The van der Waals surface area contributed by atoms with Gasteiger partial charge in [0.2, 0.25) is 0 Å². The lowest BCUT2D eigenvalue weighted by molar-refractivity contribution is -0.000597. The molecular weight excluding hydrogens is 244 g/mol. The number of carbonyl (C=O) groups is 1. The lowest BCUT2D eigenvalue weighted by Crippen LogP contribution is -2.16. The second-order valence-electron chi connectivity index (χ2n) is 3.16. The molecule has 0 atom stereocenters. The van der Waals surface area contributed by atoms with Crippen LogP contribution in [0.1, 0.15) is 0 Å². The standard InChI is InChI=1S/C11H22O7/c1-13-3-5-15-7-9-17-11(12)18-10-8-16-6-4-14-2/h3-10H2,1-2H3. The van der Waals surface area contributed by atoms with Gasteiger partial charge in [-0.05, 0) is 0 Å². The van der Waals surface area contributed by atoms with Crippen LogP contribution in [0.2, 0.25) is 0 Å². The summed E-state index contributed by atoms with van der Waals surface area (Å²) >= 11 is 0. The normalized spacial score (nSPS) is 10.3. The molecule has 0 spiro atoms. The van der Waals surface area contributed by atoms with Crippen LogP contribution in [0, 0.1) is 0 Å². The fourth-order valence-corrected chi connectivity index (χ4v) is 0.898. The predicted octanol–water partition coefficient (Wildman–Crippen LogP) is 0.466. The Bertz CT molecular complexity index is 168. The fourth-order valence-electron chi connectivity index (χ4n) is 0.898. The number of hydrogen-bond donors (Lipinski definition) is 0. The van der Waals surface area contributed by atoms with Crippen molar-refractivity contribution >= 4 is 6.16 Å². The maximum absolute atomic E-state index is 11.0. The minimum atomic E-state index is -0.722. The van der Waals surface area contributed by atoms with E-state index in [1.165, 1.54) is 0 Å². The first kappa shape index (κ1) is 17.1. The molecule has 7 heteroatoms. The van der Waals surface area contributed by atoms with Gasteiger partial charge in [-0.3, -0.25) is 0 Å². The van der Waals surface area contributed by atoms with Gasteiger partial charge in [0.25, 0.3) is 0 Å². The third-order valence-electron chi connectivity index (χ3n) is 1.76. The number of methoxy groups -OCH3 is 2. The SMILES string of the molecule is COCCOCCOC(=O)OCCOCCOC. The molecular formula is C11H22O7. The van der Waals surface area contributed by atoms with Gasteiger partial charge in [0.05, 0.1) is 39.6 Å². The van der Waals surface area contributed by atoms with Gasteiger partial charge >= 0.3 is 6.16 Å². The zero-order valence-electron chi connectivity index (χ0n) is 11.0. The van der Waals surface area contributed by atoms with E-state index in [1.807, 2.05) is 0 Å². The van der Waals surface area contributed by atoms with E-state index in [9.17, 15) is 4.79 Å². The first-order chi connectivity index (χ1) is 8.81. The summed E-state index contributed by atoms with van der Waals surface area (Å²) in [6.07, 6.45) is -0.722. The molecule has 0 amide bonds. The molecule has 0 radical (unpaired) electrons. The molecule has 0 aromatic rings. The Kier molecular flexibility index (Phi) is 13.5. The van der Waals surface area contributed by atoms with Crippen LogP contribution in [0.4, 0.5) is 4.79 Å². The third-order valence-corrected chi connectivity index (χ3v) is 1.76. The van der Waals surface area contributed by atoms with Crippen molar-refractivity contribution in [1.82, 2.24) is 0 Å².